The van der Waals surface area contributed by atoms with Crippen LogP contribution < -0.4 is 5.32 Å². The SMILES string of the molecule is CC(C)c1cnc2ccc(-c3ccc(S(=O)(=O)C4CCC(Nc5ccc(S(F)(F)(F)(F)F)cc5)CC4)cc3)cn12. The first kappa shape index (κ1) is 28.4. The fraction of sp³-hybridized carbons (Fsp3) is 0.321. The minimum absolute atomic E-state index is 0.173. The van der Waals surface area contributed by atoms with Crippen LogP contribution in [0.2, 0.25) is 0 Å². The van der Waals surface area contributed by atoms with Gasteiger partial charge in [0.2, 0.25) is 0 Å². The Morgan fingerprint density at radius 3 is 2.02 bits per heavy atom. The van der Waals surface area contributed by atoms with Gasteiger partial charge in [0.05, 0.1) is 10.1 Å². The Bertz CT molecular complexity index is 1640. The van der Waals surface area contributed by atoms with E-state index in [1.54, 1.807) is 24.3 Å². The maximum atomic E-state index is 13.3. The number of anilines is 1. The number of imidazole rings is 1. The first-order chi connectivity index (χ1) is 18.5. The van der Waals surface area contributed by atoms with Gasteiger partial charge in [0.25, 0.3) is 0 Å². The maximum absolute atomic E-state index is 13.3. The number of hydrogen-bond donors (Lipinski definition) is 1. The van der Waals surface area contributed by atoms with Crippen molar-refractivity contribution in [1.82, 2.24) is 9.38 Å². The molecule has 0 bridgehead atoms. The number of halogens is 5. The van der Waals surface area contributed by atoms with Crippen molar-refractivity contribution in [3.8, 4) is 11.1 Å². The van der Waals surface area contributed by atoms with Crippen molar-refractivity contribution in [2.45, 2.75) is 66.5 Å². The third kappa shape index (κ3) is 5.83. The molecule has 4 aromatic rings. The van der Waals surface area contributed by atoms with E-state index in [4.69, 9.17) is 0 Å². The van der Waals surface area contributed by atoms with Crippen molar-refractivity contribution in [3.63, 3.8) is 0 Å². The van der Waals surface area contributed by atoms with E-state index in [1.807, 2.05) is 28.9 Å². The van der Waals surface area contributed by atoms with Crippen molar-refractivity contribution in [3.05, 3.63) is 78.8 Å². The predicted molar refractivity (Wildman–Crippen MR) is 149 cm³/mol. The van der Waals surface area contributed by atoms with E-state index >= 15 is 0 Å². The maximum Gasteiger partial charge on any atom is 0.310 e. The Morgan fingerprint density at radius 1 is 0.850 bits per heavy atom. The number of pyridine rings is 1. The first-order valence-corrected chi connectivity index (χ1v) is 16.4. The van der Waals surface area contributed by atoms with Crippen molar-refractivity contribution < 1.29 is 27.8 Å². The molecular weight excluding hydrogens is 569 g/mol. The van der Waals surface area contributed by atoms with E-state index in [2.05, 4.69) is 24.1 Å². The van der Waals surface area contributed by atoms with Crippen LogP contribution in [-0.2, 0) is 9.84 Å². The number of aromatic nitrogens is 2. The van der Waals surface area contributed by atoms with E-state index in [0.717, 1.165) is 34.6 Å². The minimum atomic E-state index is -9.72. The van der Waals surface area contributed by atoms with E-state index in [1.165, 1.54) is 0 Å². The highest BCUT2D eigenvalue weighted by atomic mass is 32.5. The van der Waals surface area contributed by atoms with Gasteiger partial charge in [-0.15, -0.1) is 0 Å². The second kappa shape index (κ2) is 9.20. The smallest absolute Gasteiger partial charge is 0.310 e. The molecule has 0 unspecified atom stereocenters. The highest BCUT2D eigenvalue weighted by Crippen LogP contribution is 3.02. The van der Waals surface area contributed by atoms with Gasteiger partial charge in [0, 0.05) is 29.8 Å². The number of rotatable bonds is 7. The van der Waals surface area contributed by atoms with Crippen LogP contribution in [0.3, 0.4) is 0 Å². The van der Waals surface area contributed by atoms with Gasteiger partial charge in [-0.25, -0.2) is 13.4 Å². The summed E-state index contributed by atoms with van der Waals surface area (Å²) in [5.41, 5.74) is 4.03. The van der Waals surface area contributed by atoms with Crippen LogP contribution >= 0.6 is 10.2 Å². The Labute approximate surface area is 230 Å². The van der Waals surface area contributed by atoms with Gasteiger partial charge in [-0.2, -0.15) is 0 Å². The van der Waals surface area contributed by atoms with Gasteiger partial charge in [-0.3, -0.25) is 0 Å². The average molecular weight is 600 g/mol. The molecule has 216 valence electrons. The molecular formula is C28H30F5N3O2S2. The standard InChI is InChI=1S/C28H30F5N3O2S2/c1-19(2)27-17-34-28-16-5-21(18-36(27)28)20-3-10-24(11-4-20)39(37,38)25-12-6-22(7-13-25)35-23-8-14-26(15-9-23)40(29,30,31,32)33/h3-5,8-11,14-19,22,25,35H,6-7,12-13H2,1-2H3. The molecule has 0 saturated heterocycles. The number of nitrogens with zero attached hydrogens (tertiary/aromatic N) is 2. The van der Waals surface area contributed by atoms with E-state index in [9.17, 15) is 27.8 Å². The molecule has 12 heteroatoms. The molecule has 40 heavy (non-hydrogen) atoms. The lowest BCUT2D eigenvalue weighted by Crippen LogP contribution is -2.32. The van der Waals surface area contributed by atoms with Gasteiger partial charge in [0.1, 0.15) is 10.5 Å². The van der Waals surface area contributed by atoms with Gasteiger partial charge in [-0.1, -0.05) is 45.4 Å². The molecule has 0 spiro atoms. The van der Waals surface area contributed by atoms with Crippen LogP contribution in [0.5, 0.6) is 0 Å². The molecule has 2 aromatic carbocycles. The lowest BCUT2D eigenvalue weighted by Gasteiger charge is -2.40. The summed E-state index contributed by atoms with van der Waals surface area (Å²) in [6, 6.07) is 13.2. The van der Waals surface area contributed by atoms with Gasteiger partial charge in [0.15, 0.2) is 9.84 Å². The largest absolute Gasteiger partial charge is 0.382 e. The summed E-state index contributed by atoms with van der Waals surface area (Å²) in [4.78, 5) is 2.74. The summed E-state index contributed by atoms with van der Waals surface area (Å²) in [5, 5.41) is 2.46. The molecule has 1 fully saturated rings. The number of benzene rings is 2. The minimum Gasteiger partial charge on any atom is -0.382 e. The van der Waals surface area contributed by atoms with Gasteiger partial charge < -0.3 is 9.72 Å². The molecule has 5 nitrogen and oxygen atoms in total. The van der Waals surface area contributed by atoms with E-state index in [0.29, 0.717) is 43.7 Å². The molecule has 2 heterocycles. The molecule has 5 rings (SSSR count). The summed E-state index contributed by atoms with van der Waals surface area (Å²) in [7, 11) is -13.3. The monoisotopic (exact) mass is 599 g/mol. The Hall–Kier alpha value is -3.12. The third-order valence-electron chi connectivity index (χ3n) is 7.43. The molecule has 2 aromatic heterocycles. The molecule has 0 amide bonds. The van der Waals surface area contributed by atoms with Crippen LogP contribution in [0.15, 0.2) is 82.8 Å². The lowest BCUT2D eigenvalue weighted by atomic mass is 9.95. The van der Waals surface area contributed by atoms with Crippen LogP contribution in [0, 0.1) is 0 Å². The summed E-state index contributed by atoms with van der Waals surface area (Å²) in [6.07, 6.45) is 5.57. The second-order valence-electron chi connectivity index (χ2n) is 10.7. The highest BCUT2D eigenvalue weighted by Gasteiger charge is 2.65. The van der Waals surface area contributed by atoms with Crippen molar-refractivity contribution in [1.29, 1.82) is 0 Å². The predicted octanol–water partition coefficient (Wildman–Crippen LogP) is 8.98. The van der Waals surface area contributed by atoms with E-state index < -0.39 is 30.2 Å². The van der Waals surface area contributed by atoms with Crippen LogP contribution in [-0.4, -0.2) is 29.1 Å². The Balaban J connectivity index is 1.24. The number of sulfone groups is 1. The van der Waals surface area contributed by atoms with Crippen LogP contribution in [0.4, 0.5) is 25.1 Å². The zero-order chi connectivity index (χ0) is 29.0. The summed E-state index contributed by atoms with van der Waals surface area (Å²) in [6.45, 7) is 4.19. The van der Waals surface area contributed by atoms with Crippen molar-refractivity contribution in [2.24, 2.45) is 0 Å². The fourth-order valence-electron chi connectivity index (χ4n) is 5.19. The molecule has 1 saturated carbocycles. The summed E-state index contributed by atoms with van der Waals surface area (Å²) >= 11 is 0. The zero-order valence-corrected chi connectivity index (χ0v) is 23.5. The molecule has 0 atom stereocenters. The average Bonchev–Trinajstić information content (AvgIpc) is 3.32. The van der Waals surface area contributed by atoms with Crippen molar-refractivity contribution in [2.75, 3.05) is 5.32 Å². The van der Waals surface area contributed by atoms with E-state index in [-0.39, 0.29) is 16.6 Å². The van der Waals surface area contributed by atoms with Crippen LogP contribution in [0.1, 0.15) is 51.1 Å². The quantitative estimate of drug-likeness (QED) is 0.215. The highest BCUT2D eigenvalue weighted by molar-refractivity contribution is 8.45. The fourth-order valence-corrected chi connectivity index (χ4v) is 7.63. The normalized spacial score (nSPS) is 20.3. The molecule has 1 aliphatic rings. The molecule has 1 aliphatic carbocycles. The Kier molecular flexibility index (Phi) is 6.53. The van der Waals surface area contributed by atoms with Crippen molar-refractivity contribution >= 4 is 31.4 Å². The van der Waals surface area contributed by atoms with Gasteiger partial charge >= 0.3 is 10.2 Å². The van der Waals surface area contributed by atoms with Gasteiger partial charge in [-0.05, 0) is 91.3 Å². The molecule has 0 aliphatic heterocycles. The zero-order valence-electron chi connectivity index (χ0n) is 21.9. The lowest BCUT2D eigenvalue weighted by molar-refractivity contribution is 0.364. The summed E-state index contributed by atoms with van der Waals surface area (Å²) < 4.78 is 93.5. The first-order valence-electron chi connectivity index (χ1n) is 12.9. The summed E-state index contributed by atoms with van der Waals surface area (Å²) in [5.74, 6) is 0.298. The molecule has 1 N–H and O–H groups in total. The number of hydrogen-bond acceptors (Lipinski definition) is 4. The second-order valence-corrected chi connectivity index (χ2v) is 15.3. The topological polar surface area (TPSA) is 63.5 Å². The number of nitrogens with one attached hydrogen (secondary N) is 1. The molecule has 0 radical (unpaired) electrons. The number of fused-ring (bicyclic) bond motifs is 1. The third-order valence-corrected chi connectivity index (χ3v) is 10.9. The Morgan fingerprint density at radius 2 is 1.45 bits per heavy atom. The van der Waals surface area contributed by atoms with Crippen LogP contribution in [0.25, 0.3) is 16.8 Å².